The second-order valence-corrected chi connectivity index (χ2v) is 3.00. The monoisotopic (exact) mass is 221 g/mol. The van der Waals surface area contributed by atoms with Gasteiger partial charge in [0.15, 0.2) is 5.82 Å². The van der Waals surface area contributed by atoms with Crippen LogP contribution in [0.15, 0.2) is 16.8 Å². The highest BCUT2D eigenvalue weighted by Crippen LogP contribution is 2.06. The van der Waals surface area contributed by atoms with E-state index in [1.165, 1.54) is 0 Å². The molecule has 0 fully saturated rings. The quantitative estimate of drug-likeness (QED) is 0.490. The zero-order valence-electron chi connectivity index (χ0n) is 8.64. The van der Waals surface area contributed by atoms with Gasteiger partial charge in [-0.1, -0.05) is 5.16 Å². The molecule has 0 aliphatic rings. The Morgan fingerprint density at radius 3 is 3.00 bits per heavy atom. The van der Waals surface area contributed by atoms with E-state index in [4.69, 9.17) is 10.4 Å². The minimum absolute atomic E-state index is 0.340. The van der Waals surface area contributed by atoms with Crippen LogP contribution in [0.2, 0.25) is 0 Å². The molecule has 0 bridgehead atoms. The van der Waals surface area contributed by atoms with Crippen molar-refractivity contribution < 1.29 is 4.52 Å². The average molecular weight is 221 g/mol. The van der Waals surface area contributed by atoms with Gasteiger partial charge in [0.1, 0.15) is 5.82 Å². The molecule has 2 aromatic rings. The standard InChI is InChI=1S/C8H11N7O/c1-5-12-7(16-15-5)4-11-6-2-3-10-8(13-6)14-9/h2-3H,4,9H2,1H3,(H2,10,11,13,14). The summed E-state index contributed by atoms with van der Waals surface area (Å²) in [5.41, 5.74) is 2.36. The lowest BCUT2D eigenvalue weighted by molar-refractivity contribution is 0.379. The molecule has 8 heteroatoms. The molecular formula is C8H11N7O. The predicted molar refractivity (Wildman–Crippen MR) is 56.2 cm³/mol. The summed E-state index contributed by atoms with van der Waals surface area (Å²) in [4.78, 5) is 12.0. The number of anilines is 2. The number of rotatable bonds is 4. The third kappa shape index (κ3) is 2.42. The van der Waals surface area contributed by atoms with Crippen molar-refractivity contribution in [2.45, 2.75) is 13.5 Å². The third-order valence-corrected chi connectivity index (χ3v) is 1.78. The van der Waals surface area contributed by atoms with Crippen LogP contribution in [0.4, 0.5) is 11.8 Å². The predicted octanol–water partition coefficient (Wildman–Crippen LogP) is 0.0657. The van der Waals surface area contributed by atoms with Crippen molar-refractivity contribution in [3.05, 3.63) is 24.0 Å². The van der Waals surface area contributed by atoms with Crippen molar-refractivity contribution in [1.82, 2.24) is 20.1 Å². The van der Waals surface area contributed by atoms with Crippen molar-refractivity contribution in [2.24, 2.45) is 5.84 Å². The Kier molecular flexibility index (Phi) is 2.92. The number of nitrogen functional groups attached to an aromatic ring is 1. The molecule has 4 N–H and O–H groups in total. The summed E-state index contributed by atoms with van der Waals surface area (Å²) in [5, 5.41) is 6.68. The molecule has 2 rings (SSSR count). The summed E-state index contributed by atoms with van der Waals surface area (Å²) >= 11 is 0. The number of aryl methyl sites for hydroxylation is 1. The summed E-state index contributed by atoms with van der Waals surface area (Å²) in [6.07, 6.45) is 1.59. The zero-order valence-corrected chi connectivity index (χ0v) is 8.64. The Morgan fingerprint density at radius 1 is 1.44 bits per heavy atom. The first kappa shape index (κ1) is 10.3. The summed E-state index contributed by atoms with van der Waals surface area (Å²) < 4.78 is 4.94. The second kappa shape index (κ2) is 4.53. The van der Waals surface area contributed by atoms with Crippen molar-refractivity contribution in [2.75, 3.05) is 10.7 Å². The fourth-order valence-electron chi connectivity index (χ4n) is 1.10. The summed E-state index contributed by atoms with van der Waals surface area (Å²) in [6, 6.07) is 1.71. The van der Waals surface area contributed by atoms with Crippen molar-refractivity contribution in [3.63, 3.8) is 0 Å². The van der Waals surface area contributed by atoms with Gasteiger partial charge in [-0.2, -0.15) is 9.97 Å². The molecule has 0 spiro atoms. The molecule has 0 aromatic carbocycles. The molecule has 0 aliphatic heterocycles. The van der Waals surface area contributed by atoms with Gasteiger partial charge in [0.25, 0.3) is 0 Å². The first-order valence-electron chi connectivity index (χ1n) is 4.60. The Morgan fingerprint density at radius 2 is 2.31 bits per heavy atom. The molecule has 2 aromatic heterocycles. The zero-order chi connectivity index (χ0) is 11.4. The maximum atomic E-state index is 5.19. The van der Waals surface area contributed by atoms with Crippen LogP contribution in [0.5, 0.6) is 0 Å². The van der Waals surface area contributed by atoms with Gasteiger partial charge in [0.05, 0.1) is 6.54 Å². The third-order valence-electron chi connectivity index (χ3n) is 1.78. The molecule has 0 aliphatic carbocycles. The molecule has 0 radical (unpaired) electrons. The van der Waals surface area contributed by atoms with Gasteiger partial charge < -0.3 is 9.84 Å². The topological polar surface area (TPSA) is 115 Å². The molecule has 0 saturated carbocycles. The Bertz CT molecular complexity index is 469. The normalized spacial score (nSPS) is 10.1. The van der Waals surface area contributed by atoms with Gasteiger partial charge in [0.2, 0.25) is 11.8 Å². The number of hydrogen-bond donors (Lipinski definition) is 3. The van der Waals surface area contributed by atoms with E-state index in [-0.39, 0.29) is 0 Å². The molecule has 8 nitrogen and oxygen atoms in total. The Hall–Kier alpha value is -2.22. The van der Waals surface area contributed by atoms with Gasteiger partial charge in [0, 0.05) is 6.20 Å². The van der Waals surface area contributed by atoms with Gasteiger partial charge >= 0.3 is 0 Å². The minimum Gasteiger partial charge on any atom is -0.361 e. The van der Waals surface area contributed by atoms with Crippen LogP contribution in [0, 0.1) is 6.92 Å². The maximum Gasteiger partial charge on any atom is 0.245 e. The van der Waals surface area contributed by atoms with E-state index in [9.17, 15) is 0 Å². The first-order valence-corrected chi connectivity index (χ1v) is 4.60. The molecule has 0 amide bonds. The highest BCUT2D eigenvalue weighted by atomic mass is 16.5. The van der Waals surface area contributed by atoms with Crippen molar-refractivity contribution >= 4 is 11.8 Å². The summed E-state index contributed by atoms with van der Waals surface area (Å²) in [6.45, 7) is 2.16. The fraction of sp³-hybridized carbons (Fsp3) is 0.250. The van der Waals surface area contributed by atoms with Crippen molar-refractivity contribution in [3.8, 4) is 0 Å². The molecule has 16 heavy (non-hydrogen) atoms. The first-order chi connectivity index (χ1) is 7.78. The fourth-order valence-corrected chi connectivity index (χ4v) is 1.10. The van der Waals surface area contributed by atoms with Crippen LogP contribution in [0.1, 0.15) is 11.7 Å². The number of nitrogens with two attached hydrogens (primary N) is 1. The molecule has 0 unspecified atom stereocenters. The van der Waals surface area contributed by atoms with E-state index < -0.39 is 0 Å². The Balaban J connectivity index is 1.99. The van der Waals surface area contributed by atoms with Gasteiger partial charge in [-0.15, -0.1) is 0 Å². The molecule has 0 atom stereocenters. The van der Waals surface area contributed by atoms with Crippen LogP contribution in [-0.2, 0) is 6.54 Å². The van der Waals surface area contributed by atoms with Crippen LogP contribution >= 0.6 is 0 Å². The lowest BCUT2D eigenvalue weighted by atomic mass is 10.5. The number of nitrogens with one attached hydrogen (secondary N) is 2. The smallest absolute Gasteiger partial charge is 0.245 e. The lowest BCUT2D eigenvalue weighted by Gasteiger charge is -2.03. The van der Waals surface area contributed by atoms with E-state index in [1.54, 1.807) is 19.2 Å². The van der Waals surface area contributed by atoms with E-state index in [0.29, 0.717) is 30.0 Å². The van der Waals surface area contributed by atoms with Gasteiger partial charge in [-0.05, 0) is 13.0 Å². The molecule has 2 heterocycles. The molecule has 84 valence electrons. The number of nitrogens with zero attached hydrogens (tertiary/aromatic N) is 4. The van der Waals surface area contributed by atoms with E-state index >= 15 is 0 Å². The van der Waals surface area contributed by atoms with Crippen LogP contribution in [0.25, 0.3) is 0 Å². The second-order valence-electron chi connectivity index (χ2n) is 3.00. The molecule has 0 saturated heterocycles. The van der Waals surface area contributed by atoms with Crippen LogP contribution in [0.3, 0.4) is 0 Å². The highest BCUT2D eigenvalue weighted by molar-refractivity contribution is 5.38. The summed E-state index contributed by atoms with van der Waals surface area (Å²) in [5.74, 6) is 7.25. The SMILES string of the molecule is Cc1noc(CNc2ccnc(NN)n2)n1. The minimum atomic E-state index is 0.340. The van der Waals surface area contributed by atoms with Crippen LogP contribution in [-0.4, -0.2) is 20.1 Å². The van der Waals surface area contributed by atoms with E-state index in [1.807, 2.05) is 0 Å². The van der Waals surface area contributed by atoms with E-state index in [0.717, 1.165) is 0 Å². The highest BCUT2D eigenvalue weighted by Gasteiger charge is 2.03. The Labute approximate surface area is 91.3 Å². The number of hydrazine groups is 1. The van der Waals surface area contributed by atoms with Gasteiger partial charge in [-0.3, -0.25) is 5.43 Å². The van der Waals surface area contributed by atoms with Crippen molar-refractivity contribution in [1.29, 1.82) is 0 Å². The van der Waals surface area contributed by atoms with E-state index in [2.05, 4.69) is 30.9 Å². The lowest BCUT2D eigenvalue weighted by Crippen LogP contribution is -2.11. The summed E-state index contributed by atoms with van der Waals surface area (Å²) in [7, 11) is 0. The van der Waals surface area contributed by atoms with Gasteiger partial charge in [-0.25, -0.2) is 10.8 Å². The largest absolute Gasteiger partial charge is 0.361 e. The maximum absolute atomic E-state index is 5.19. The van der Waals surface area contributed by atoms with Crippen LogP contribution < -0.4 is 16.6 Å². The average Bonchev–Trinajstić information content (AvgIpc) is 2.73. The number of hydrogen-bond acceptors (Lipinski definition) is 8. The number of aromatic nitrogens is 4. The molecular weight excluding hydrogens is 210 g/mol.